The summed E-state index contributed by atoms with van der Waals surface area (Å²) in [6, 6.07) is 15.4. The lowest BCUT2D eigenvalue weighted by Crippen LogP contribution is -2.44. The Kier molecular flexibility index (Phi) is 7.03. The van der Waals surface area contributed by atoms with Crippen LogP contribution in [0.4, 0.5) is 5.69 Å². The third-order valence-electron chi connectivity index (χ3n) is 5.59. The number of aromatic nitrogens is 3. The van der Waals surface area contributed by atoms with Gasteiger partial charge in [-0.15, -0.1) is 0 Å². The Hall–Kier alpha value is -3.57. The molecule has 0 bridgehead atoms. The number of hydrogen-bond donors (Lipinski definition) is 3. The van der Waals surface area contributed by atoms with E-state index < -0.39 is 10.0 Å². The zero-order chi connectivity index (χ0) is 24.1. The van der Waals surface area contributed by atoms with Crippen LogP contribution in [-0.2, 0) is 19.6 Å². The highest BCUT2D eigenvalue weighted by Crippen LogP contribution is 2.26. The number of nitrogens with zero attached hydrogens (tertiary/aromatic N) is 3. The molecule has 1 unspecified atom stereocenters. The van der Waals surface area contributed by atoms with Gasteiger partial charge in [0.2, 0.25) is 21.8 Å². The molecule has 4 rings (SSSR count). The van der Waals surface area contributed by atoms with Gasteiger partial charge in [0.05, 0.1) is 11.4 Å². The molecule has 1 aromatic heterocycles. The van der Waals surface area contributed by atoms with Gasteiger partial charge in [-0.05, 0) is 37.1 Å². The molecule has 2 aromatic carbocycles. The van der Waals surface area contributed by atoms with E-state index in [1.165, 1.54) is 31.2 Å². The summed E-state index contributed by atoms with van der Waals surface area (Å²) in [5.41, 5.74) is 1.40. The maximum absolute atomic E-state index is 12.8. The monoisotopic (exact) mass is 482 g/mol. The smallest absolute Gasteiger partial charge is 0.241 e. The lowest BCUT2D eigenvalue weighted by molar-refractivity contribution is -0.131. The molecule has 3 N–H and O–H groups in total. The van der Waals surface area contributed by atoms with E-state index in [9.17, 15) is 18.0 Å². The fraction of sp³-hybridized carbons (Fsp3) is 0.304. The minimum atomic E-state index is -3.87. The van der Waals surface area contributed by atoms with Crippen molar-refractivity contribution in [2.45, 2.75) is 30.6 Å². The number of nitrogens with one attached hydrogen (secondary N) is 3. The maximum Gasteiger partial charge on any atom is 0.241 e. The third-order valence-corrected chi connectivity index (χ3v) is 7.01. The van der Waals surface area contributed by atoms with Crippen molar-refractivity contribution in [1.29, 1.82) is 0 Å². The van der Waals surface area contributed by atoms with E-state index in [2.05, 4.69) is 25.2 Å². The Morgan fingerprint density at radius 2 is 1.85 bits per heavy atom. The number of carbonyl (C=O) groups is 2. The average Bonchev–Trinajstić information content (AvgIpc) is 3.34. The lowest BCUT2D eigenvalue weighted by Gasteiger charge is -2.31. The topological polar surface area (TPSA) is 137 Å². The molecule has 1 aliphatic rings. The van der Waals surface area contributed by atoms with Crippen LogP contribution in [-0.4, -0.2) is 59.9 Å². The summed E-state index contributed by atoms with van der Waals surface area (Å²) >= 11 is 0. The van der Waals surface area contributed by atoms with E-state index in [1.54, 1.807) is 4.90 Å². The van der Waals surface area contributed by atoms with Gasteiger partial charge in [0.1, 0.15) is 5.82 Å². The second kappa shape index (κ2) is 10.1. The van der Waals surface area contributed by atoms with Crippen LogP contribution in [0.5, 0.6) is 0 Å². The second-order valence-corrected chi connectivity index (χ2v) is 9.89. The Morgan fingerprint density at radius 3 is 2.56 bits per heavy atom. The molecule has 0 aliphatic carbocycles. The van der Waals surface area contributed by atoms with Crippen molar-refractivity contribution in [2.75, 3.05) is 25.0 Å². The molecule has 3 aromatic rings. The summed E-state index contributed by atoms with van der Waals surface area (Å²) < 4.78 is 27.5. The number of benzene rings is 2. The van der Waals surface area contributed by atoms with Crippen molar-refractivity contribution in [3.8, 4) is 11.4 Å². The molecule has 1 aliphatic heterocycles. The number of carbonyl (C=O) groups excluding carboxylic acids is 2. The standard InChI is InChI=1S/C23H26N6O4S/c1-16(30)25-19-9-11-20(12-10-19)34(32,33)24-14-21(31)29-13-5-8-18(15-29)23-26-22(27-28-23)17-6-3-2-4-7-17/h2-4,6-7,9-12,18,24H,5,8,13-15H2,1H3,(H,25,30)(H,26,27,28). The molecule has 1 fully saturated rings. The summed E-state index contributed by atoms with van der Waals surface area (Å²) in [7, 11) is -3.87. The number of hydrogen-bond acceptors (Lipinski definition) is 6. The van der Waals surface area contributed by atoms with Gasteiger partial charge in [0.15, 0.2) is 5.82 Å². The summed E-state index contributed by atoms with van der Waals surface area (Å²) in [4.78, 5) is 30.1. The normalized spacial score (nSPS) is 16.3. The minimum Gasteiger partial charge on any atom is -0.341 e. The third kappa shape index (κ3) is 5.67. The lowest BCUT2D eigenvalue weighted by atomic mass is 9.97. The van der Waals surface area contributed by atoms with Crippen molar-refractivity contribution in [3.63, 3.8) is 0 Å². The van der Waals surface area contributed by atoms with Gasteiger partial charge in [-0.3, -0.25) is 14.7 Å². The van der Waals surface area contributed by atoms with Crippen LogP contribution >= 0.6 is 0 Å². The molecule has 2 amide bonds. The van der Waals surface area contributed by atoms with E-state index in [4.69, 9.17) is 0 Å². The van der Waals surface area contributed by atoms with E-state index in [-0.39, 0.29) is 29.2 Å². The Morgan fingerprint density at radius 1 is 1.12 bits per heavy atom. The number of sulfonamides is 1. The van der Waals surface area contributed by atoms with Crippen molar-refractivity contribution in [3.05, 3.63) is 60.4 Å². The number of aromatic amines is 1. The highest BCUT2D eigenvalue weighted by Gasteiger charge is 2.28. The van der Waals surface area contributed by atoms with E-state index in [1.807, 2.05) is 30.3 Å². The van der Waals surface area contributed by atoms with Gasteiger partial charge in [-0.2, -0.15) is 5.10 Å². The summed E-state index contributed by atoms with van der Waals surface area (Å²) in [6.45, 7) is 2.03. The molecule has 0 saturated carbocycles. The number of rotatable bonds is 7. The Balaban J connectivity index is 1.35. The predicted octanol–water partition coefficient (Wildman–Crippen LogP) is 2.11. The number of amides is 2. The molecular formula is C23H26N6O4S. The number of likely N-dealkylation sites (tertiary alicyclic amines) is 1. The van der Waals surface area contributed by atoms with Gasteiger partial charge in [-0.25, -0.2) is 18.1 Å². The van der Waals surface area contributed by atoms with Crippen LogP contribution in [0, 0.1) is 0 Å². The van der Waals surface area contributed by atoms with Crippen LogP contribution in [0.3, 0.4) is 0 Å². The van der Waals surface area contributed by atoms with Gasteiger partial charge in [-0.1, -0.05) is 30.3 Å². The first kappa shape index (κ1) is 23.6. The molecule has 10 nitrogen and oxygen atoms in total. The van der Waals surface area contributed by atoms with Crippen LogP contribution in [0.25, 0.3) is 11.4 Å². The van der Waals surface area contributed by atoms with Crippen molar-refractivity contribution in [2.24, 2.45) is 0 Å². The van der Waals surface area contributed by atoms with Crippen LogP contribution in [0.2, 0.25) is 0 Å². The van der Waals surface area contributed by atoms with Crippen molar-refractivity contribution >= 4 is 27.5 Å². The summed E-state index contributed by atoms with van der Waals surface area (Å²) in [5, 5.41) is 9.87. The van der Waals surface area contributed by atoms with Crippen molar-refractivity contribution in [1.82, 2.24) is 24.8 Å². The molecule has 0 spiro atoms. The van der Waals surface area contributed by atoms with Gasteiger partial charge in [0, 0.05) is 37.2 Å². The Labute approximate surface area is 197 Å². The second-order valence-electron chi connectivity index (χ2n) is 8.12. The quantitative estimate of drug-likeness (QED) is 0.472. The fourth-order valence-electron chi connectivity index (χ4n) is 3.87. The van der Waals surface area contributed by atoms with Crippen LogP contribution < -0.4 is 10.0 Å². The molecule has 34 heavy (non-hydrogen) atoms. The molecule has 1 saturated heterocycles. The van der Waals surface area contributed by atoms with Crippen LogP contribution in [0.1, 0.15) is 31.5 Å². The molecular weight excluding hydrogens is 456 g/mol. The van der Waals surface area contributed by atoms with E-state index >= 15 is 0 Å². The van der Waals surface area contributed by atoms with Crippen LogP contribution in [0.15, 0.2) is 59.5 Å². The number of anilines is 1. The SMILES string of the molecule is CC(=O)Nc1ccc(S(=O)(=O)NCC(=O)N2CCCC(c3nc(-c4ccccc4)n[nH]3)C2)cc1. The molecule has 0 radical (unpaired) electrons. The van der Waals surface area contributed by atoms with Crippen molar-refractivity contribution < 1.29 is 18.0 Å². The predicted molar refractivity (Wildman–Crippen MR) is 126 cm³/mol. The van der Waals surface area contributed by atoms with E-state index in [0.29, 0.717) is 24.6 Å². The highest BCUT2D eigenvalue weighted by atomic mass is 32.2. The largest absolute Gasteiger partial charge is 0.341 e. The van der Waals surface area contributed by atoms with Gasteiger partial charge >= 0.3 is 0 Å². The highest BCUT2D eigenvalue weighted by molar-refractivity contribution is 7.89. The Bertz CT molecular complexity index is 1260. The zero-order valence-corrected chi connectivity index (χ0v) is 19.5. The first-order chi connectivity index (χ1) is 16.3. The molecule has 11 heteroatoms. The average molecular weight is 483 g/mol. The first-order valence-corrected chi connectivity index (χ1v) is 12.4. The number of H-pyrrole nitrogens is 1. The summed E-state index contributed by atoms with van der Waals surface area (Å²) in [5.74, 6) is 0.778. The number of piperidine rings is 1. The van der Waals surface area contributed by atoms with Gasteiger partial charge < -0.3 is 10.2 Å². The zero-order valence-electron chi connectivity index (χ0n) is 18.7. The maximum atomic E-state index is 12.8. The van der Waals surface area contributed by atoms with E-state index in [0.717, 1.165) is 24.2 Å². The fourth-order valence-corrected chi connectivity index (χ4v) is 4.85. The summed E-state index contributed by atoms with van der Waals surface area (Å²) in [6.07, 6.45) is 1.65. The molecule has 178 valence electrons. The molecule has 2 heterocycles. The van der Waals surface area contributed by atoms with Gasteiger partial charge in [0.25, 0.3) is 0 Å². The first-order valence-electron chi connectivity index (χ1n) is 10.9. The minimum absolute atomic E-state index is 0.000546. The molecule has 1 atom stereocenters.